The molecule has 1 amide bonds. The van der Waals surface area contributed by atoms with Crippen LogP contribution < -0.4 is 5.32 Å². The summed E-state index contributed by atoms with van der Waals surface area (Å²) in [5.41, 5.74) is 0.767. The fourth-order valence-corrected chi connectivity index (χ4v) is 4.61. The predicted molar refractivity (Wildman–Crippen MR) is 89.5 cm³/mol. The van der Waals surface area contributed by atoms with E-state index in [-0.39, 0.29) is 12.5 Å². The van der Waals surface area contributed by atoms with Crippen LogP contribution in [0.2, 0.25) is 0 Å². The van der Waals surface area contributed by atoms with E-state index in [0.717, 1.165) is 25.7 Å². The van der Waals surface area contributed by atoms with Crippen LogP contribution in [-0.4, -0.2) is 36.7 Å². The van der Waals surface area contributed by atoms with Crippen molar-refractivity contribution in [3.63, 3.8) is 0 Å². The molecule has 0 spiro atoms. The fourth-order valence-electron chi connectivity index (χ4n) is 4.61. The second kappa shape index (κ2) is 6.93. The minimum atomic E-state index is -1.05. The zero-order valence-corrected chi connectivity index (χ0v) is 14.0. The van der Waals surface area contributed by atoms with Crippen molar-refractivity contribution in [1.82, 2.24) is 5.32 Å². The number of hydrogen-bond donors (Lipinski definition) is 2. The number of fused-ring (bicyclic) bond motifs is 2. The van der Waals surface area contributed by atoms with E-state index in [9.17, 15) is 9.59 Å². The van der Waals surface area contributed by atoms with Crippen LogP contribution in [0, 0.1) is 17.3 Å². The quantitative estimate of drug-likeness (QED) is 0.803. The molecule has 2 aliphatic carbocycles. The number of carbonyl (C=O) groups is 2. The smallest absolute Gasteiger partial charge is 0.334 e. The molecule has 3 rings (SSSR count). The van der Waals surface area contributed by atoms with Gasteiger partial charge in [0.25, 0.3) is 0 Å². The third-order valence-electron chi connectivity index (χ3n) is 5.80. The molecule has 130 valence electrons. The van der Waals surface area contributed by atoms with Crippen molar-refractivity contribution >= 4 is 11.9 Å². The van der Waals surface area contributed by atoms with Crippen molar-refractivity contribution < 1.29 is 19.4 Å². The van der Waals surface area contributed by atoms with E-state index in [1.165, 1.54) is 19.1 Å². The molecule has 0 aliphatic heterocycles. The zero-order chi connectivity index (χ0) is 17.2. The molecule has 2 fully saturated rings. The molecule has 2 N–H and O–H groups in total. The molecule has 2 aliphatic rings. The summed E-state index contributed by atoms with van der Waals surface area (Å²) in [6.45, 7) is 0.0125. The number of rotatable bonds is 7. The summed E-state index contributed by atoms with van der Waals surface area (Å²) in [4.78, 5) is 24.1. The maximum Gasteiger partial charge on any atom is 0.334 e. The Morgan fingerprint density at radius 3 is 2.62 bits per heavy atom. The zero-order valence-electron chi connectivity index (χ0n) is 14.0. The van der Waals surface area contributed by atoms with Crippen molar-refractivity contribution in [3.05, 3.63) is 35.9 Å². The third-order valence-corrected chi connectivity index (χ3v) is 5.80. The average molecular weight is 331 g/mol. The number of methoxy groups -OCH3 is 1. The molecule has 0 saturated heterocycles. The number of carbonyl (C=O) groups excluding carboxylic acids is 1. The minimum Gasteiger partial charge on any atom is -0.479 e. The van der Waals surface area contributed by atoms with Crippen molar-refractivity contribution in [1.29, 1.82) is 0 Å². The number of carboxylic acids is 1. The van der Waals surface area contributed by atoms with E-state index in [4.69, 9.17) is 9.84 Å². The SMILES string of the molecule is COC(CNC(=O)C1(Cc2ccccc2)CC2CCC1C2)C(=O)O. The molecule has 5 nitrogen and oxygen atoms in total. The van der Waals surface area contributed by atoms with E-state index in [2.05, 4.69) is 17.4 Å². The largest absolute Gasteiger partial charge is 0.479 e. The lowest BCUT2D eigenvalue weighted by Crippen LogP contribution is -2.49. The molecule has 1 aromatic carbocycles. The molecule has 0 heterocycles. The van der Waals surface area contributed by atoms with Crippen LogP contribution in [0.1, 0.15) is 31.2 Å². The highest BCUT2D eigenvalue weighted by molar-refractivity contribution is 5.84. The summed E-state index contributed by atoms with van der Waals surface area (Å²) in [5.74, 6) is -0.0413. The van der Waals surface area contributed by atoms with Gasteiger partial charge in [0.15, 0.2) is 6.10 Å². The molecule has 4 atom stereocenters. The number of aliphatic carboxylic acids is 1. The Bertz CT molecular complexity index is 603. The number of amides is 1. The lowest BCUT2D eigenvalue weighted by molar-refractivity contribution is -0.148. The normalized spacial score (nSPS) is 29.4. The molecular formula is C19H25NO4. The van der Waals surface area contributed by atoms with E-state index >= 15 is 0 Å². The molecule has 0 aromatic heterocycles. The topological polar surface area (TPSA) is 75.6 Å². The first-order chi connectivity index (χ1) is 11.5. The Morgan fingerprint density at radius 1 is 1.33 bits per heavy atom. The van der Waals surface area contributed by atoms with Gasteiger partial charge in [0, 0.05) is 7.11 Å². The third kappa shape index (κ3) is 3.18. The first kappa shape index (κ1) is 17.0. The minimum absolute atomic E-state index is 0.0122. The van der Waals surface area contributed by atoms with Gasteiger partial charge in [-0.05, 0) is 43.1 Å². The monoisotopic (exact) mass is 331 g/mol. The summed E-state index contributed by atoms with van der Waals surface area (Å²) in [7, 11) is 1.35. The summed E-state index contributed by atoms with van der Waals surface area (Å²) >= 11 is 0. The lowest BCUT2D eigenvalue weighted by atomic mass is 9.68. The van der Waals surface area contributed by atoms with Gasteiger partial charge in [0.2, 0.25) is 5.91 Å². The van der Waals surface area contributed by atoms with Gasteiger partial charge in [0.1, 0.15) is 0 Å². The Balaban J connectivity index is 1.75. The first-order valence-electron chi connectivity index (χ1n) is 8.63. The Kier molecular flexibility index (Phi) is 4.90. The van der Waals surface area contributed by atoms with Gasteiger partial charge in [-0.1, -0.05) is 36.8 Å². The molecule has 1 aromatic rings. The van der Waals surface area contributed by atoms with Gasteiger partial charge in [-0.3, -0.25) is 4.79 Å². The van der Waals surface area contributed by atoms with E-state index in [1.54, 1.807) is 0 Å². The molecule has 5 heteroatoms. The molecule has 4 unspecified atom stereocenters. The van der Waals surface area contributed by atoms with Crippen LogP contribution in [0.4, 0.5) is 0 Å². The highest BCUT2D eigenvalue weighted by atomic mass is 16.5. The number of carboxylic acid groups (broad SMARTS) is 1. The van der Waals surface area contributed by atoms with Crippen LogP contribution in [0.3, 0.4) is 0 Å². The summed E-state index contributed by atoms with van der Waals surface area (Å²) in [5, 5.41) is 11.9. The molecule has 2 saturated carbocycles. The number of nitrogens with one attached hydrogen (secondary N) is 1. The van der Waals surface area contributed by atoms with Gasteiger partial charge in [0.05, 0.1) is 12.0 Å². The Hall–Kier alpha value is -1.88. The van der Waals surface area contributed by atoms with Crippen LogP contribution in [-0.2, 0) is 20.7 Å². The Labute approximate surface area is 142 Å². The molecular weight excluding hydrogens is 306 g/mol. The highest BCUT2D eigenvalue weighted by Gasteiger charge is 2.55. The molecule has 0 radical (unpaired) electrons. The Morgan fingerprint density at radius 2 is 2.08 bits per heavy atom. The summed E-state index contributed by atoms with van der Waals surface area (Å²) in [6.07, 6.45) is 4.06. The predicted octanol–water partition coefficient (Wildman–Crippen LogP) is 2.25. The van der Waals surface area contributed by atoms with Gasteiger partial charge in [-0.15, -0.1) is 0 Å². The standard InChI is InChI=1S/C19H25NO4/c1-24-16(17(21)22)12-20-18(23)19(10-13-5-3-2-4-6-13)11-14-7-8-15(19)9-14/h2-6,14-16H,7-12H2,1H3,(H,20,23)(H,21,22). The fraction of sp³-hybridized carbons (Fsp3) is 0.579. The van der Waals surface area contributed by atoms with Crippen LogP contribution in [0.5, 0.6) is 0 Å². The van der Waals surface area contributed by atoms with Crippen molar-refractivity contribution in [2.24, 2.45) is 17.3 Å². The second-order valence-corrected chi connectivity index (χ2v) is 7.17. The van der Waals surface area contributed by atoms with E-state index < -0.39 is 17.5 Å². The van der Waals surface area contributed by atoms with Crippen LogP contribution >= 0.6 is 0 Å². The van der Waals surface area contributed by atoms with Crippen LogP contribution in [0.25, 0.3) is 0 Å². The van der Waals surface area contributed by atoms with Crippen LogP contribution in [0.15, 0.2) is 30.3 Å². The van der Waals surface area contributed by atoms with Crippen molar-refractivity contribution in [2.75, 3.05) is 13.7 Å². The van der Waals surface area contributed by atoms with Gasteiger partial charge in [-0.25, -0.2) is 4.79 Å². The lowest BCUT2D eigenvalue weighted by Gasteiger charge is -2.37. The number of ether oxygens (including phenoxy) is 1. The first-order valence-corrected chi connectivity index (χ1v) is 8.63. The van der Waals surface area contributed by atoms with Gasteiger partial charge >= 0.3 is 5.97 Å². The van der Waals surface area contributed by atoms with Crippen molar-refractivity contribution in [2.45, 2.75) is 38.2 Å². The number of benzene rings is 1. The van der Waals surface area contributed by atoms with Gasteiger partial charge in [-0.2, -0.15) is 0 Å². The second-order valence-electron chi connectivity index (χ2n) is 7.17. The summed E-state index contributed by atoms with van der Waals surface area (Å²) in [6, 6.07) is 10.1. The van der Waals surface area contributed by atoms with Gasteiger partial charge < -0.3 is 15.2 Å². The molecule has 2 bridgehead atoms. The average Bonchev–Trinajstić information content (AvgIpc) is 3.17. The summed E-state index contributed by atoms with van der Waals surface area (Å²) < 4.78 is 4.92. The molecule has 24 heavy (non-hydrogen) atoms. The van der Waals surface area contributed by atoms with Crippen molar-refractivity contribution in [3.8, 4) is 0 Å². The highest BCUT2D eigenvalue weighted by Crippen LogP contribution is 2.57. The number of hydrogen-bond acceptors (Lipinski definition) is 3. The maximum absolute atomic E-state index is 13.0. The van der Waals surface area contributed by atoms with E-state index in [1.807, 2.05) is 18.2 Å². The maximum atomic E-state index is 13.0. The van der Waals surface area contributed by atoms with E-state index in [0.29, 0.717) is 11.8 Å².